The highest BCUT2D eigenvalue weighted by molar-refractivity contribution is 5.88. The molecule has 0 fully saturated rings. The van der Waals surface area contributed by atoms with Gasteiger partial charge in [-0.3, -0.25) is 4.40 Å². The van der Waals surface area contributed by atoms with Gasteiger partial charge in [0, 0.05) is 11.8 Å². The average molecular weight is 315 g/mol. The number of pyridine rings is 1. The smallest absolute Gasteiger partial charge is 0.335 e. The van der Waals surface area contributed by atoms with E-state index in [1.165, 1.54) is 0 Å². The third-order valence-electron chi connectivity index (χ3n) is 3.90. The Balaban J connectivity index is 1.83. The van der Waals surface area contributed by atoms with Crippen molar-refractivity contribution in [2.24, 2.45) is 0 Å². The number of aromatic carboxylic acids is 1. The highest BCUT2D eigenvalue weighted by Gasteiger charge is 2.10. The Kier molecular flexibility index (Phi) is 3.31. The van der Waals surface area contributed by atoms with Crippen LogP contribution < -0.4 is 0 Å². The summed E-state index contributed by atoms with van der Waals surface area (Å²) in [6.45, 7) is 0. The first kappa shape index (κ1) is 14.1. The molecule has 4 aromatic rings. The lowest BCUT2D eigenvalue weighted by Gasteiger charge is -2.05. The lowest BCUT2D eigenvalue weighted by molar-refractivity contribution is 0.0697. The minimum absolute atomic E-state index is 0.248. The van der Waals surface area contributed by atoms with Gasteiger partial charge < -0.3 is 5.11 Å². The lowest BCUT2D eigenvalue weighted by Crippen LogP contribution is -1.96. The first-order chi connectivity index (χ1) is 11.7. The van der Waals surface area contributed by atoms with Gasteiger partial charge in [-0.1, -0.05) is 42.5 Å². The van der Waals surface area contributed by atoms with Crippen LogP contribution in [0.25, 0.3) is 28.2 Å². The molecule has 0 saturated heterocycles. The van der Waals surface area contributed by atoms with Crippen molar-refractivity contribution in [1.29, 1.82) is 0 Å². The summed E-state index contributed by atoms with van der Waals surface area (Å²) in [5.41, 5.74) is 3.98. The molecular formula is C19H13N3O2. The van der Waals surface area contributed by atoms with Crippen LogP contribution in [-0.2, 0) is 0 Å². The standard InChI is InChI=1S/C19H13N3O2/c23-19(24)15-8-6-14(7-9-15)18-21-20-17-11-10-16(12-22(17)18)13-4-2-1-3-5-13/h1-12H,(H,23,24). The number of fused-ring (bicyclic) bond motifs is 1. The Bertz CT molecular complexity index is 1020. The van der Waals surface area contributed by atoms with Crippen molar-refractivity contribution >= 4 is 11.6 Å². The summed E-state index contributed by atoms with van der Waals surface area (Å²) in [6.07, 6.45) is 1.99. The third kappa shape index (κ3) is 2.42. The molecule has 0 amide bonds. The predicted octanol–water partition coefficient (Wildman–Crippen LogP) is 3.76. The molecule has 5 heteroatoms. The Morgan fingerprint density at radius 1 is 0.792 bits per heavy atom. The molecule has 0 aliphatic rings. The molecule has 0 bridgehead atoms. The summed E-state index contributed by atoms with van der Waals surface area (Å²) in [7, 11) is 0. The first-order valence-corrected chi connectivity index (χ1v) is 7.46. The monoisotopic (exact) mass is 315 g/mol. The molecule has 116 valence electrons. The van der Waals surface area contributed by atoms with E-state index in [1.807, 2.05) is 53.1 Å². The minimum atomic E-state index is -0.945. The molecule has 24 heavy (non-hydrogen) atoms. The minimum Gasteiger partial charge on any atom is -0.478 e. The van der Waals surface area contributed by atoms with Crippen LogP contribution in [0.4, 0.5) is 0 Å². The van der Waals surface area contributed by atoms with Gasteiger partial charge in [0.05, 0.1) is 5.56 Å². The molecule has 5 nitrogen and oxygen atoms in total. The summed E-state index contributed by atoms with van der Waals surface area (Å²) in [5.74, 6) is -0.265. The normalized spacial score (nSPS) is 10.8. The number of benzene rings is 2. The van der Waals surface area contributed by atoms with Crippen LogP contribution in [-0.4, -0.2) is 25.7 Å². The van der Waals surface area contributed by atoms with Crippen LogP contribution in [0.2, 0.25) is 0 Å². The van der Waals surface area contributed by atoms with Crippen LogP contribution in [0, 0.1) is 0 Å². The van der Waals surface area contributed by atoms with E-state index in [9.17, 15) is 4.79 Å². The molecule has 0 atom stereocenters. The van der Waals surface area contributed by atoms with E-state index in [1.54, 1.807) is 24.3 Å². The second kappa shape index (κ2) is 5.62. The van der Waals surface area contributed by atoms with E-state index in [4.69, 9.17) is 5.11 Å². The van der Waals surface area contributed by atoms with Crippen molar-refractivity contribution in [3.8, 4) is 22.5 Å². The third-order valence-corrected chi connectivity index (χ3v) is 3.90. The molecule has 2 aromatic heterocycles. The molecule has 1 N–H and O–H groups in total. The van der Waals surface area contributed by atoms with Gasteiger partial charge in [0.25, 0.3) is 0 Å². The molecule has 4 rings (SSSR count). The predicted molar refractivity (Wildman–Crippen MR) is 90.8 cm³/mol. The molecule has 2 heterocycles. The maximum atomic E-state index is 11.0. The SMILES string of the molecule is O=C(O)c1ccc(-c2nnc3ccc(-c4ccccc4)cn23)cc1. The zero-order chi connectivity index (χ0) is 16.5. The topological polar surface area (TPSA) is 67.5 Å². The molecule has 0 unspecified atom stereocenters. The number of carbonyl (C=O) groups is 1. The van der Waals surface area contributed by atoms with Crippen molar-refractivity contribution in [3.63, 3.8) is 0 Å². The maximum absolute atomic E-state index is 11.0. The summed E-state index contributed by atoms with van der Waals surface area (Å²) in [6, 6.07) is 20.6. The van der Waals surface area contributed by atoms with Gasteiger partial charge >= 0.3 is 5.97 Å². The fourth-order valence-electron chi connectivity index (χ4n) is 2.65. The number of carboxylic acids is 1. The van der Waals surface area contributed by atoms with Gasteiger partial charge in [-0.05, 0) is 35.4 Å². The van der Waals surface area contributed by atoms with Gasteiger partial charge in [0.15, 0.2) is 11.5 Å². The van der Waals surface area contributed by atoms with E-state index < -0.39 is 5.97 Å². The second-order valence-corrected chi connectivity index (χ2v) is 5.42. The zero-order valence-corrected chi connectivity index (χ0v) is 12.6. The van der Waals surface area contributed by atoms with Crippen LogP contribution in [0.5, 0.6) is 0 Å². The molecule has 0 spiro atoms. The van der Waals surface area contributed by atoms with Gasteiger partial charge in [0.1, 0.15) is 0 Å². The Hall–Kier alpha value is -3.47. The quantitative estimate of drug-likeness (QED) is 0.625. The summed E-state index contributed by atoms with van der Waals surface area (Å²) >= 11 is 0. The molecular weight excluding hydrogens is 302 g/mol. The van der Waals surface area contributed by atoms with Gasteiger partial charge in [-0.15, -0.1) is 10.2 Å². The van der Waals surface area contributed by atoms with Crippen LogP contribution >= 0.6 is 0 Å². The number of aromatic nitrogens is 3. The lowest BCUT2D eigenvalue weighted by atomic mass is 10.1. The van der Waals surface area contributed by atoms with Crippen molar-refractivity contribution in [1.82, 2.24) is 14.6 Å². The number of hydrogen-bond donors (Lipinski definition) is 1. The number of nitrogens with zero attached hydrogens (tertiary/aromatic N) is 3. The highest BCUT2D eigenvalue weighted by Crippen LogP contribution is 2.23. The molecule has 0 aliphatic carbocycles. The average Bonchev–Trinajstić information content (AvgIpc) is 3.05. The van der Waals surface area contributed by atoms with E-state index in [0.29, 0.717) is 5.82 Å². The van der Waals surface area contributed by atoms with Crippen molar-refractivity contribution in [2.45, 2.75) is 0 Å². The van der Waals surface area contributed by atoms with Crippen molar-refractivity contribution in [3.05, 3.63) is 78.5 Å². The first-order valence-electron chi connectivity index (χ1n) is 7.46. The van der Waals surface area contributed by atoms with Crippen LogP contribution in [0.15, 0.2) is 72.9 Å². The molecule has 2 aromatic carbocycles. The fraction of sp³-hybridized carbons (Fsp3) is 0. The van der Waals surface area contributed by atoms with E-state index in [0.717, 1.165) is 22.3 Å². The van der Waals surface area contributed by atoms with E-state index >= 15 is 0 Å². The number of rotatable bonds is 3. The summed E-state index contributed by atoms with van der Waals surface area (Å²) in [5, 5.41) is 17.4. The number of carboxylic acid groups (broad SMARTS) is 1. The largest absolute Gasteiger partial charge is 0.478 e. The van der Waals surface area contributed by atoms with Crippen molar-refractivity contribution < 1.29 is 9.90 Å². The van der Waals surface area contributed by atoms with E-state index in [2.05, 4.69) is 10.2 Å². The highest BCUT2D eigenvalue weighted by atomic mass is 16.4. The van der Waals surface area contributed by atoms with Crippen LogP contribution in [0.1, 0.15) is 10.4 Å². The zero-order valence-electron chi connectivity index (χ0n) is 12.6. The summed E-state index contributed by atoms with van der Waals surface area (Å²) in [4.78, 5) is 11.0. The van der Waals surface area contributed by atoms with Crippen LogP contribution in [0.3, 0.4) is 0 Å². The van der Waals surface area contributed by atoms with Gasteiger partial charge in [-0.2, -0.15) is 0 Å². The Labute approximate surface area is 137 Å². The second-order valence-electron chi connectivity index (χ2n) is 5.42. The molecule has 0 radical (unpaired) electrons. The van der Waals surface area contributed by atoms with Crippen molar-refractivity contribution in [2.75, 3.05) is 0 Å². The van der Waals surface area contributed by atoms with E-state index in [-0.39, 0.29) is 5.56 Å². The molecule has 0 saturated carbocycles. The van der Waals surface area contributed by atoms with Gasteiger partial charge in [0.2, 0.25) is 0 Å². The molecule has 0 aliphatic heterocycles. The Morgan fingerprint density at radius 3 is 2.21 bits per heavy atom. The Morgan fingerprint density at radius 2 is 1.50 bits per heavy atom. The summed E-state index contributed by atoms with van der Waals surface area (Å²) < 4.78 is 1.91. The fourth-order valence-corrected chi connectivity index (χ4v) is 2.65. The van der Waals surface area contributed by atoms with Gasteiger partial charge in [-0.25, -0.2) is 4.79 Å². The number of hydrogen-bond acceptors (Lipinski definition) is 3. The maximum Gasteiger partial charge on any atom is 0.335 e.